The smallest absolute Gasteiger partial charge is 0.115 e. The number of phenols is 1. The Morgan fingerprint density at radius 2 is 1.95 bits per heavy atom. The topological polar surface area (TPSA) is 45.1 Å². The number of nitrogens with zero attached hydrogens (tertiary/aromatic N) is 1. The molecule has 0 fully saturated rings. The molecule has 2 N–H and O–H groups in total. The Morgan fingerprint density at radius 1 is 1.05 bits per heavy atom. The molecule has 0 aliphatic rings. The van der Waals surface area contributed by atoms with Crippen LogP contribution in [0.5, 0.6) is 5.75 Å². The molecule has 0 radical (unpaired) electrons. The third kappa shape index (κ3) is 2.50. The first kappa shape index (κ1) is 11.5. The van der Waals surface area contributed by atoms with E-state index in [4.69, 9.17) is 0 Å². The van der Waals surface area contributed by atoms with Crippen LogP contribution in [-0.2, 0) is 6.54 Å². The van der Waals surface area contributed by atoms with Crippen LogP contribution in [0.2, 0.25) is 0 Å². The van der Waals surface area contributed by atoms with Crippen molar-refractivity contribution in [3.05, 3.63) is 66.5 Å². The predicted octanol–water partition coefficient (Wildman–Crippen LogP) is 3.55. The number of fused-ring (bicyclic) bond motifs is 1. The molecular weight excluding hydrogens is 236 g/mol. The van der Waals surface area contributed by atoms with Crippen molar-refractivity contribution in [2.75, 3.05) is 5.32 Å². The Morgan fingerprint density at radius 3 is 2.84 bits per heavy atom. The maximum absolute atomic E-state index is 9.45. The number of anilines is 1. The van der Waals surface area contributed by atoms with Crippen molar-refractivity contribution in [1.29, 1.82) is 0 Å². The first-order valence-electron chi connectivity index (χ1n) is 6.17. The lowest BCUT2D eigenvalue weighted by atomic mass is 10.1. The predicted molar refractivity (Wildman–Crippen MR) is 77.2 cm³/mol. The quantitative estimate of drug-likeness (QED) is 0.747. The molecule has 3 nitrogen and oxygen atoms in total. The normalized spacial score (nSPS) is 10.5. The van der Waals surface area contributed by atoms with Gasteiger partial charge in [0.25, 0.3) is 0 Å². The van der Waals surface area contributed by atoms with Gasteiger partial charge in [0.1, 0.15) is 5.75 Å². The van der Waals surface area contributed by atoms with Crippen LogP contribution in [0.3, 0.4) is 0 Å². The number of aromatic nitrogens is 1. The number of hydrogen-bond donors (Lipinski definition) is 2. The molecule has 19 heavy (non-hydrogen) atoms. The van der Waals surface area contributed by atoms with Gasteiger partial charge in [0.2, 0.25) is 0 Å². The molecule has 0 saturated carbocycles. The molecule has 0 saturated heterocycles. The van der Waals surface area contributed by atoms with E-state index in [0.717, 1.165) is 22.0 Å². The minimum atomic E-state index is 0.293. The maximum atomic E-state index is 9.45. The minimum absolute atomic E-state index is 0.293. The lowest BCUT2D eigenvalue weighted by molar-refractivity contribution is 0.474. The van der Waals surface area contributed by atoms with Crippen molar-refractivity contribution in [3.63, 3.8) is 0 Å². The van der Waals surface area contributed by atoms with Crippen LogP contribution in [0.25, 0.3) is 10.8 Å². The van der Waals surface area contributed by atoms with E-state index in [1.165, 1.54) is 0 Å². The highest BCUT2D eigenvalue weighted by molar-refractivity contribution is 5.93. The van der Waals surface area contributed by atoms with E-state index in [2.05, 4.69) is 10.3 Å². The Hall–Kier alpha value is -2.55. The van der Waals surface area contributed by atoms with Gasteiger partial charge in [-0.1, -0.05) is 24.3 Å². The molecule has 0 bridgehead atoms. The first-order valence-corrected chi connectivity index (χ1v) is 6.17. The minimum Gasteiger partial charge on any atom is -0.508 e. The van der Waals surface area contributed by atoms with Gasteiger partial charge < -0.3 is 10.4 Å². The summed E-state index contributed by atoms with van der Waals surface area (Å²) >= 11 is 0. The molecule has 2 aromatic carbocycles. The third-order valence-corrected chi connectivity index (χ3v) is 3.07. The lowest BCUT2D eigenvalue weighted by Gasteiger charge is -2.09. The van der Waals surface area contributed by atoms with Gasteiger partial charge in [-0.15, -0.1) is 0 Å². The highest BCUT2D eigenvalue weighted by Gasteiger charge is 2.00. The molecule has 1 heterocycles. The second-order valence-electron chi connectivity index (χ2n) is 4.43. The largest absolute Gasteiger partial charge is 0.508 e. The average Bonchev–Trinajstić information content (AvgIpc) is 2.45. The summed E-state index contributed by atoms with van der Waals surface area (Å²) in [4.78, 5) is 4.12. The van der Waals surface area contributed by atoms with Gasteiger partial charge in [-0.3, -0.25) is 4.98 Å². The SMILES string of the molecule is Oc1cccc(CNc2cccc3cnccc23)c1. The summed E-state index contributed by atoms with van der Waals surface area (Å²) in [5, 5.41) is 15.1. The van der Waals surface area contributed by atoms with Gasteiger partial charge >= 0.3 is 0 Å². The van der Waals surface area contributed by atoms with E-state index < -0.39 is 0 Å². The van der Waals surface area contributed by atoms with Crippen molar-refractivity contribution < 1.29 is 5.11 Å². The number of benzene rings is 2. The number of nitrogens with one attached hydrogen (secondary N) is 1. The van der Waals surface area contributed by atoms with E-state index >= 15 is 0 Å². The lowest BCUT2D eigenvalue weighted by Crippen LogP contribution is -1.99. The van der Waals surface area contributed by atoms with E-state index in [0.29, 0.717) is 12.3 Å². The molecule has 3 aromatic rings. The zero-order valence-corrected chi connectivity index (χ0v) is 10.4. The van der Waals surface area contributed by atoms with Gasteiger partial charge in [-0.05, 0) is 29.8 Å². The van der Waals surface area contributed by atoms with E-state index in [9.17, 15) is 5.11 Å². The fourth-order valence-electron chi connectivity index (χ4n) is 2.14. The molecule has 3 rings (SSSR count). The van der Waals surface area contributed by atoms with E-state index in [1.54, 1.807) is 18.3 Å². The number of aromatic hydroxyl groups is 1. The van der Waals surface area contributed by atoms with Crippen molar-refractivity contribution in [1.82, 2.24) is 4.98 Å². The van der Waals surface area contributed by atoms with Gasteiger partial charge in [-0.2, -0.15) is 0 Å². The molecule has 3 heteroatoms. The maximum Gasteiger partial charge on any atom is 0.115 e. The van der Waals surface area contributed by atoms with Crippen molar-refractivity contribution in [2.45, 2.75) is 6.54 Å². The number of pyridine rings is 1. The zero-order valence-electron chi connectivity index (χ0n) is 10.4. The molecule has 0 aliphatic heterocycles. The van der Waals surface area contributed by atoms with E-state index in [1.807, 2.05) is 42.6 Å². The third-order valence-electron chi connectivity index (χ3n) is 3.07. The van der Waals surface area contributed by atoms with Crippen LogP contribution in [0.15, 0.2) is 60.9 Å². The summed E-state index contributed by atoms with van der Waals surface area (Å²) in [7, 11) is 0. The number of rotatable bonds is 3. The van der Waals surface area contributed by atoms with Gasteiger partial charge in [0.05, 0.1) is 0 Å². The summed E-state index contributed by atoms with van der Waals surface area (Å²) in [6, 6.07) is 15.4. The second kappa shape index (κ2) is 4.98. The molecule has 0 aliphatic carbocycles. The van der Waals surface area contributed by atoms with Crippen molar-refractivity contribution >= 4 is 16.5 Å². The molecule has 1 aromatic heterocycles. The van der Waals surface area contributed by atoms with Gasteiger partial charge in [0, 0.05) is 35.4 Å². The monoisotopic (exact) mass is 250 g/mol. The number of hydrogen-bond acceptors (Lipinski definition) is 3. The fourth-order valence-corrected chi connectivity index (χ4v) is 2.14. The Balaban J connectivity index is 1.86. The van der Waals surface area contributed by atoms with Crippen LogP contribution in [0.4, 0.5) is 5.69 Å². The second-order valence-corrected chi connectivity index (χ2v) is 4.43. The summed E-state index contributed by atoms with van der Waals surface area (Å²) in [5.74, 6) is 0.293. The van der Waals surface area contributed by atoms with E-state index in [-0.39, 0.29) is 0 Å². The highest BCUT2D eigenvalue weighted by atomic mass is 16.3. The standard InChI is InChI=1S/C16H14N2O/c19-14-5-1-3-12(9-14)10-18-16-6-2-4-13-11-17-8-7-15(13)16/h1-9,11,18-19H,10H2. The Kier molecular flexibility index (Phi) is 3.02. The Bertz CT molecular complexity index is 704. The summed E-state index contributed by atoms with van der Waals surface area (Å²) in [6.45, 7) is 0.676. The van der Waals surface area contributed by atoms with Gasteiger partial charge in [-0.25, -0.2) is 0 Å². The molecule has 94 valence electrons. The van der Waals surface area contributed by atoms with Crippen LogP contribution in [-0.4, -0.2) is 10.1 Å². The molecule has 0 unspecified atom stereocenters. The van der Waals surface area contributed by atoms with Crippen LogP contribution in [0.1, 0.15) is 5.56 Å². The molecule has 0 amide bonds. The molecule has 0 atom stereocenters. The van der Waals surface area contributed by atoms with Crippen molar-refractivity contribution in [2.24, 2.45) is 0 Å². The van der Waals surface area contributed by atoms with Crippen molar-refractivity contribution in [3.8, 4) is 5.75 Å². The average molecular weight is 250 g/mol. The highest BCUT2D eigenvalue weighted by Crippen LogP contribution is 2.23. The fraction of sp³-hybridized carbons (Fsp3) is 0.0625. The number of phenolic OH excluding ortho intramolecular Hbond substituents is 1. The van der Waals surface area contributed by atoms with Gasteiger partial charge in [0.15, 0.2) is 0 Å². The summed E-state index contributed by atoms with van der Waals surface area (Å²) in [5.41, 5.74) is 2.12. The Labute approximate surface area is 111 Å². The zero-order chi connectivity index (χ0) is 13.1. The van der Waals surface area contributed by atoms with Crippen LogP contribution >= 0.6 is 0 Å². The summed E-state index contributed by atoms with van der Waals surface area (Å²) < 4.78 is 0. The molecule has 0 spiro atoms. The molecular formula is C16H14N2O. The van der Waals surface area contributed by atoms with Crippen LogP contribution < -0.4 is 5.32 Å². The first-order chi connectivity index (χ1) is 9.33. The summed E-state index contributed by atoms with van der Waals surface area (Å²) in [6.07, 6.45) is 3.65. The van der Waals surface area contributed by atoms with Crippen LogP contribution in [0, 0.1) is 0 Å².